The molecule has 12 nitrogen and oxygen atoms in total. The topological polar surface area (TPSA) is 177 Å². The Morgan fingerprint density at radius 2 is 1.51 bits per heavy atom. The summed E-state index contributed by atoms with van der Waals surface area (Å²) in [5, 5.41) is 7.08. The summed E-state index contributed by atoms with van der Waals surface area (Å²) in [7, 11) is 0. The number of nitrogens with zero attached hydrogens (tertiary/aromatic N) is 1. The number of primary amides is 1. The third-order valence-electron chi connectivity index (χ3n) is 8.72. The highest BCUT2D eigenvalue weighted by Crippen LogP contribution is 2.65. The van der Waals surface area contributed by atoms with Crippen LogP contribution in [0.3, 0.4) is 0 Å². The molecule has 0 aromatic heterocycles. The van der Waals surface area contributed by atoms with E-state index in [-0.39, 0.29) is 36.1 Å². The Balaban J connectivity index is 1.83. The van der Waals surface area contributed by atoms with Gasteiger partial charge in [-0.15, -0.1) is 0 Å². The van der Waals surface area contributed by atoms with Crippen LogP contribution in [0.25, 0.3) is 0 Å². The molecule has 0 aromatic carbocycles. The van der Waals surface area contributed by atoms with Crippen molar-refractivity contribution in [3.63, 3.8) is 0 Å². The predicted octanol–water partition coefficient (Wildman–Crippen LogP) is 2.19. The quantitative estimate of drug-likeness (QED) is 0.197. The molecular weight excluding hydrogens is 599 g/mol. The number of amides is 5. The van der Waals surface area contributed by atoms with Crippen molar-refractivity contribution < 1.29 is 46.7 Å². The molecule has 1 heterocycles. The molecule has 1 aliphatic heterocycles. The van der Waals surface area contributed by atoms with Crippen molar-refractivity contribution in [3.05, 3.63) is 0 Å². The van der Waals surface area contributed by atoms with E-state index >= 15 is 0 Å². The zero-order valence-corrected chi connectivity index (χ0v) is 27.1. The van der Waals surface area contributed by atoms with Gasteiger partial charge >= 0.3 is 18.2 Å². The van der Waals surface area contributed by atoms with E-state index in [1.54, 1.807) is 20.8 Å². The van der Waals surface area contributed by atoms with Crippen molar-refractivity contribution in [3.8, 4) is 0 Å². The van der Waals surface area contributed by atoms with Gasteiger partial charge in [-0.2, -0.15) is 13.2 Å². The van der Waals surface area contributed by atoms with Crippen molar-refractivity contribution in [2.75, 3.05) is 6.54 Å². The molecule has 0 spiro atoms. The molecule has 15 heteroatoms. The van der Waals surface area contributed by atoms with Crippen LogP contribution in [0, 0.1) is 28.6 Å². The third kappa shape index (κ3) is 9.09. The first-order valence-corrected chi connectivity index (χ1v) is 15.1. The number of likely N-dealkylation sites (tertiary alicyclic amines) is 1. The maximum Gasteiger partial charge on any atom is 0.391 e. The van der Waals surface area contributed by atoms with Crippen LogP contribution in [-0.2, 0) is 28.7 Å². The molecular formula is C30H46F3N5O7. The molecule has 5 amide bonds. The highest BCUT2D eigenvalue weighted by molar-refractivity contribution is 6.37. The first kappa shape index (κ1) is 36.1. The van der Waals surface area contributed by atoms with Crippen LogP contribution in [-0.4, -0.2) is 82.9 Å². The SMILES string of the molecule is CC(C)(C)OC(=O)C(CC(F)(F)F)NC(=O)N[C@H](C(=O)N1C[C@H]2[C@@H]([C@H]1C(=O)NC(CC1CC1)C(=O)C(N)=O)C2(C)C)C(C)(C)C. The minimum atomic E-state index is -4.81. The van der Waals surface area contributed by atoms with E-state index in [0.717, 1.165) is 12.8 Å². The second-order valence-electron chi connectivity index (χ2n) is 15.2. The average Bonchev–Trinajstić information content (AvgIpc) is 3.70. The maximum atomic E-state index is 14.1. The maximum absolute atomic E-state index is 14.1. The van der Waals surface area contributed by atoms with E-state index in [4.69, 9.17) is 10.5 Å². The van der Waals surface area contributed by atoms with Crippen LogP contribution < -0.4 is 21.7 Å². The molecule has 1 saturated heterocycles. The van der Waals surface area contributed by atoms with Gasteiger partial charge in [-0.25, -0.2) is 9.59 Å². The number of carbonyl (C=O) groups is 6. The van der Waals surface area contributed by atoms with Crippen LogP contribution in [0.4, 0.5) is 18.0 Å². The molecule has 2 saturated carbocycles. The first-order valence-electron chi connectivity index (χ1n) is 15.1. The van der Waals surface area contributed by atoms with Crippen molar-refractivity contribution in [1.29, 1.82) is 0 Å². The number of esters is 1. The summed E-state index contributed by atoms with van der Waals surface area (Å²) >= 11 is 0. The summed E-state index contributed by atoms with van der Waals surface area (Å²) in [6.45, 7) is 13.4. The van der Waals surface area contributed by atoms with E-state index in [2.05, 4.69) is 10.6 Å². The Labute approximate surface area is 261 Å². The van der Waals surface area contributed by atoms with E-state index < -0.39 is 83.3 Å². The van der Waals surface area contributed by atoms with Gasteiger partial charge in [0.2, 0.25) is 17.6 Å². The minimum Gasteiger partial charge on any atom is -0.458 e. The third-order valence-corrected chi connectivity index (χ3v) is 8.72. The number of ether oxygens (including phenoxy) is 1. The fraction of sp³-hybridized carbons (Fsp3) is 0.800. The lowest BCUT2D eigenvalue weighted by Gasteiger charge is -2.38. The van der Waals surface area contributed by atoms with Crippen LogP contribution in [0.1, 0.15) is 81.1 Å². The Hall–Kier alpha value is -3.39. The summed E-state index contributed by atoms with van der Waals surface area (Å²) in [5.41, 5.74) is 2.81. The number of halogens is 3. The fourth-order valence-electron chi connectivity index (χ4n) is 6.10. The van der Waals surface area contributed by atoms with Crippen LogP contribution in [0.15, 0.2) is 0 Å². The monoisotopic (exact) mass is 645 g/mol. The van der Waals surface area contributed by atoms with Crippen molar-refractivity contribution in [1.82, 2.24) is 20.9 Å². The van der Waals surface area contributed by atoms with Gasteiger partial charge in [-0.3, -0.25) is 19.2 Å². The lowest BCUT2D eigenvalue weighted by atomic mass is 9.85. The standard InChI is InChI=1S/C30H46F3N5O7/c1-27(2,3)21(37-26(44)36-17(12-30(31,32)33)25(43)45-28(4,5)6)24(42)38-13-15-18(29(15,7)8)19(38)23(41)35-16(11-14-9-10-14)20(39)22(34)40/h14-19,21H,9-13H2,1-8H3,(H2,34,40)(H,35,41)(H2,36,37,44)/t15-,16?,17?,18-,19-,21+/m0/s1. The molecule has 6 atom stereocenters. The van der Waals surface area contributed by atoms with E-state index in [9.17, 15) is 41.9 Å². The van der Waals surface area contributed by atoms with Crippen LogP contribution in [0.2, 0.25) is 0 Å². The first-order chi connectivity index (χ1) is 20.3. The van der Waals surface area contributed by atoms with Gasteiger partial charge in [-0.1, -0.05) is 47.5 Å². The Kier molecular flexibility index (Phi) is 9.96. The number of piperidine rings is 1. The lowest BCUT2D eigenvalue weighted by molar-refractivity contribution is -0.170. The molecule has 3 aliphatic rings. The number of nitrogens with two attached hydrogens (primary N) is 1. The molecule has 2 aliphatic carbocycles. The second kappa shape index (κ2) is 12.4. The molecule has 2 unspecified atom stereocenters. The van der Waals surface area contributed by atoms with Crippen LogP contribution >= 0.6 is 0 Å². The number of Topliss-reactive ketones (excluding diaryl/α,β-unsaturated/α-hetero) is 1. The Bertz CT molecular complexity index is 1220. The number of hydrogen-bond acceptors (Lipinski definition) is 7. The number of fused-ring (bicyclic) bond motifs is 1. The van der Waals surface area contributed by atoms with Crippen molar-refractivity contribution >= 4 is 35.5 Å². The smallest absolute Gasteiger partial charge is 0.391 e. The largest absolute Gasteiger partial charge is 0.458 e. The number of nitrogens with one attached hydrogen (secondary N) is 3. The molecule has 0 aromatic rings. The van der Waals surface area contributed by atoms with Gasteiger partial charge in [-0.05, 0) is 55.8 Å². The molecule has 5 N–H and O–H groups in total. The van der Waals surface area contributed by atoms with Gasteiger partial charge in [0.15, 0.2) is 0 Å². The van der Waals surface area contributed by atoms with Gasteiger partial charge in [0, 0.05) is 6.54 Å². The number of alkyl halides is 3. The zero-order chi connectivity index (χ0) is 34.4. The molecule has 0 bridgehead atoms. The van der Waals surface area contributed by atoms with E-state index in [1.807, 2.05) is 19.2 Å². The summed E-state index contributed by atoms with van der Waals surface area (Å²) < 4.78 is 44.9. The molecule has 45 heavy (non-hydrogen) atoms. The number of rotatable bonds is 11. The van der Waals surface area contributed by atoms with Gasteiger partial charge in [0.25, 0.3) is 5.91 Å². The lowest BCUT2D eigenvalue weighted by Crippen LogP contribution is -2.62. The predicted molar refractivity (Wildman–Crippen MR) is 155 cm³/mol. The molecule has 3 rings (SSSR count). The second-order valence-corrected chi connectivity index (χ2v) is 15.2. The van der Waals surface area contributed by atoms with Gasteiger partial charge in [0.05, 0.1) is 12.5 Å². The van der Waals surface area contributed by atoms with Crippen molar-refractivity contribution in [2.45, 2.75) is 117 Å². The summed E-state index contributed by atoms with van der Waals surface area (Å²) in [4.78, 5) is 78.9. The number of ketones is 1. The summed E-state index contributed by atoms with van der Waals surface area (Å²) in [6.07, 6.45) is -4.56. The fourth-order valence-corrected chi connectivity index (χ4v) is 6.10. The number of urea groups is 1. The number of hydrogen-bond donors (Lipinski definition) is 4. The highest BCUT2D eigenvalue weighted by Gasteiger charge is 2.70. The normalized spacial score (nSPS) is 24.4. The minimum absolute atomic E-state index is 0.0660. The molecule has 0 radical (unpaired) electrons. The van der Waals surface area contributed by atoms with Crippen LogP contribution in [0.5, 0.6) is 0 Å². The van der Waals surface area contributed by atoms with Gasteiger partial charge < -0.3 is 31.3 Å². The van der Waals surface area contributed by atoms with E-state index in [1.165, 1.54) is 25.7 Å². The average molecular weight is 646 g/mol. The molecule has 3 fully saturated rings. The Morgan fingerprint density at radius 1 is 0.933 bits per heavy atom. The summed E-state index contributed by atoms with van der Waals surface area (Å²) in [5.74, 6) is -4.86. The highest BCUT2D eigenvalue weighted by atomic mass is 19.4. The zero-order valence-electron chi connectivity index (χ0n) is 27.1. The van der Waals surface area contributed by atoms with Gasteiger partial charge in [0.1, 0.15) is 23.7 Å². The number of carbonyl (C=O) groups excluding carboxylic acids is 6. The van der Waals surface area contributed by atoms with E-state index in [0.29, 0.717) is 0 Å². The molecule has 254 valence electrons. The Morgan fingerprint density at radius 3 is 1.98 bits per heavy atom. The van der Waals surface area contributed by atoms with Crippen molar-refractivity contribution in [2.24, 2.45) is 34.3 Å². The summed E-state index contributed by atoms with van der Waals surface area (Å²) in [6, 6.07) is -6.78.